The first-order chi connectivity index (χ1) is 5.29. The maximum absolute atomic E-state index is 9.52. The van der Waals surface area contributed by atoms with Gasteiger partial charge in [-0.25, -0.2) is 0 Å². The number of rotatable bonds is 0. The monoisotopic (exact) mass is 168 g/mol. The number of halogens is 1. The van der Waals surface area contributed by atoms with Crippen LogP contribution in [0.1, 0.15) is 17.2 Å². The van der Waals surface area contributed by atoms with Crippen LogP contribution in [0.15, 0.2) is 24.3 Å². The van der Waals surface area contributed by atoms with E-state index in [0.29, 0.717) is 0 Å². The van der Waals surface area contributed by atoms with Crippen LogP contribution in [0.2, 0.25) is 0 Å². The summed E-state index contributed by atoms with van der Waals surface area (Å²) in [5, 5.41) is 9.39. The Balaban J connectivity index is 2.47. The van der Waals surface area contributed by atoms with Crippen molar-refractivity contribution in [1.29, 1.82) is 0 Å². The second kappa shape index (κ2) is 2.50. The number of fused-ring (bicyclic) bond motifs is 1. The molecular weight excluding hydrogens is 160 g/mol. The first-order valence-corrected chi connectivity index (χ1v) is 4.12. The molecule has 0 amide bonds. The van der Waals surface area contributed by atoms with Crippen LogP contribution in [0.4, 0.5) is 0 Å². The summed E-state index contributed by atoms with van der Waals surface area (Å²) >= 11 is 5.88. The molecule has 0 aromatic heterocycles. The van der Waals surface area contributed by atoms with Crippen molar-refractivity contribution < 1.29 is 5.11 Å². The van der Waals surface area contributed by atoms with Gasteiger partial charge in [-0.15, -0.1) is 11.6 Å². The zero-order valence-electron chi connectivity index (χ0n) is 6.00. The summed E-state index contributed by atoms with van der Waals surface area (Å²) in [4.78, 5) is 0. The van der Waals surface area contributed by atoms with Gasteiger partial charge < -0.3 is 5.11 Å². The zero-order chi connectivity index (χ0) is 7.84. The van der Waals surface area contributed by atoms with E-state index in [1.54, 1.807) is 0 Å². The van der Waals surface area contributed by atoms with Crippen molar-refractivity contribution >= 4 is 11.6 Å². The lowest BCUT2D eigenvalue weighted by Gasteiger charge is -2.05. The highest BCUT2D eigenvalue weighted by atomic mass is 35.5. The van der Waals surface area contributed by atoms with Crippen LogP contribution < -0.4 is 0 Å². The minimum atomic E-state index is -0.465. The predicted molar refractivity (Wildman–Crippen MR) is 44.7 cm³/mol. The van der Waals surface area contributed by atoms with Gasteiger partial charge in [-0.3, -0.25) is 0 Å². The number of hydrogen-bond acceptors (Lipinski definition) is 1. The van der Waals surface area contributed by atoms with Crippen LogP contribution in [0.3, 0.4) is 0 Å². The Hall–Kier alpha value is -0.530. The fourth-order valence-electron chi connectivity index (χ4n) is 1.53. The summed E-state index contributed by atoms with van der Waals surface area (Å²) in [6, 6.07) is 7.85. The second-order valence-corrected chi connectivity index (χ2v) is 3.42. The van der Waals surface area contributed by atoms with E-state index < -0.39 is 6.10 Å². The Morgan fingerprint density at radius 2 is 2.09 bits per heavy atom. The van der Waals surface area contributed by atoms with E-state index in [1.165, 1.54) is 5.56 Å². The van der Waals surface area contributed by atoms with Crippen molar-refractivity contribution in [1.82, 2.24) is 0 Å². The molecule has 1 aliphatic carbocycles. The van der Waals surface area contributed by atoms with E-state index in [0.717, 1.165) is 12.0 Å². The maximum atomic E-state index is 9.52. The smallest absolute Gasteiger partial charge is 0.0959 e. The highest BCUT2D eigenvalue weighted by Crippen LogP contribution is 2.34. The van der Waals surface area contributed by atoms with Gasteiger partial charge in [0.1, 0.15) is 0 Å². The van der Waals surface area contributed by atoms with E-state index in [-0.39, 0.29) is 5.38 Å². The molecule has 1 aromatic carbocycles. The van der Waals surface area contributed by atoms with Gasteiger partial charge in [0.25, 0.3) is 0 Å². The Morgan fingerprint density at radius 3 is 2.82 bits per heavy atom. The normalized spacial score (nSPS) is 28.5. The number of alkyl halides is 1. The first kappa shape index (κ1) is 7.14. The Bertz CT molecular complexity index is 272. The highest BCUT2D eigenvalue weighted by molar-refractivity contribution is 6.21. The molecule has 58 valence electrons. The largest absolute Gasteiger partial charge is 0.387 e. The number of aliphatic hydroxyl groups is 1. The number of aliphatic hydroxyl groups excluding tert-OH is 1. The van der Waals surface area contributed by atoms with Crippen molar-refractivity contribution in [2.75, 3.05) is 0 Å². The van der Waals surface area contributed by atoms with E-state index >= 15 is 0 Å². The molecule has 0 bridgehead atoms. The van der Waals surface area contributed by atoms with Crippen molar-refractivity contribution in [2.45, 2.75) is 17.9 Å². The van der Waals surface area contributed by atoms with Gasteiger partial charge in [-0.2, -0.15) is 0 Å². The van der Waals surface area contributed by atoms with Gasteiger partial charge in [0.05, 0.1) is 11.5 Å². The minimum Gasteiger partial charge on any atom is -0.387 e. The number of hydrogen-bond donors (Lipinski definition) is 1. The van der Waals surface area contributed by atoms with Crippen molar-refractivity contribution in [3.63, 3.8) is 0 Å². The van der Waals surface area contributed by atoms with Gasteiger partial charge in [0.2, 0.25) is 0 Å². The molecule has 2 rings (SSSR count). The molecule has 1 N–H and O–H groups in total. The molecular formula is C9H9ClO. The van der Waals surface area contributed by atoms with Crippen LogP contribution in [0, 0.1) is 0 Å². The summed E-state index contributed by atoms with van der Waals surface area (Å²) in [6.45, 7) is 0. The fraction of sp³-hybridized carbons (Fsp3) is 0.333. The Kier molecular flexibility index (Phi) is 1.63. The quantitative estimate of drug-likeness (QED) is 0.587. The fourth-order valence-corrected chi connectivity index (χ4v) is 1.83. The number of benzene rings is 1. The summed E-state index contributed by atoms with van der Waals surface area (Å²) in [7, 11) is 0. The lowest BCUT2D eigenvalue weighted by molar-refractivity contribution is 0.183. The van der Waals surface area contributed by atoms with E-state index in [4.69, 9.17) is 11.6 Å². The molecule has 1 aromatic rings. The molecule has 0 aliphatic heterocycles. The average Bonchev–Trinajstić information content (AvgIpc) is 2.30. The molecule has 0 saturated heterocycles. The van der Waals surface area contributed by atoms with Gasteiger partial charge in [0, 0.05) is 0 Å². The van der Waals surface area contributed by atoms with Crippen LogP contribution in [0.5, 0.6) is 0 Å². The Labute approximate surface area is 70.6 Å². The SMILES string of the molecule is O[C@H]1c2ccccc2C[C@H]1Cl. The minimum absolute atomic E-state index is 0.132. The standard InChI is InChI=1S/C9H9ClO/c10-8-5-6-3-1-2-4-7(6)9(8)11/h1-4,8-9,11H,5H2/t8-,9+/m1/s1. The molecule has 0 saturated carbocycles. The van der Waals surface area contributed by atoms with Crippen molar-refractivity contribution in [2.24, 2.45) is 0 Å². The van der Waals surface area contributed by atoms with Crippen LogP contribution in [0.25, 0.3) is 0 Å². The third-order valence-corrected chi connectivity index (χ3v) is 2.52. The predicted octanol–water partition coefficient (Wildman–Crippen LogP) is 1.88. The lowest BCUT2D eigenvalue weighted by atomic mass is 10.1. The van der Waals surface area contributed by atoms with Gasteiger partial charge in [-0.1, -0.05) is 24.3 Å². The Morgan fingerprint density at radius 1 is 1.36 bits per heavy atom. The van der Waals surface area contributed by atoms with Crippen LogP contribution >= 0.6 is 11.6 Å². The molecule has 1 aliphatic rings. The third-order valence-electron chi connectivity index (χ3n) is 2.13. The van der Waals surface area contributed by atoms with Crippen molar-refractivity contribution in [3.8, 4) is 0 Å². The summed E-state index contributed by atoms with van der Waals surface area (Å²) in [6.07, 6.45) is 0.326. The molecule has 11 heavy (non-hydrogen) atoms. The average molecular weight is 169 g/mol. The zero-order valence-corrected chi connectivity index (χ0v) is 6.75. The van der Waals surface area contributed by atoms with Gasteiger partial charge in [-0.05, 0) is 17.5 Å². The van der Waals surface area contributed by atoms with E-state index in [2.05, 4.69) is 0 Å². The van der Waals surface area contributed by atoms with Gasteiger partial charge in [0.15, 0.2) is 0 Å². The van der Waals surface area contributed by atoms with E-state index in [9.17, 15) is 5.11 Å². The van der Waals surface area contributed by atoms with Gasteiger partial charge >= 0.3 is 0 Å². The lowest BCUT2D eigenvalue weighted by Crippen LogP contribution is -2.04. The second-order valence-electron chi connectivity index (χ2n) is 2.86. The highest BCUT2D eigenvalue weighted by Gasteiger charge is 2.28. The molecule has 0 fully saturated rings. The molecule has 0 heterocycles. The summed E-state index contributed by atoms with van der Waals surface area (Å²) < 4.78 is 0. The summed E-state index contributed by atoms with van der Waals surface area (Å²) in [5.74, 6) is 0. The summed E-state index contributed by atoms with van der Waals surface area (Å²) in [5.41, 5.74) is 2.17. The molecule has 1 nitrogen and oxygen atoms in total. The van der Waals surface area contributed by atoms with Crippen LogP contribution in [-0.4, -0.2) is 10.5 Å². The third kappa shape index (κ3) is 1.05. The first-order valence-electron chi connectivity index (χ1n) is 3.69. The maximum Gasteiger partial charge on any atom is 0.0959 e. The molecule has 2 atom stereocenters. The molecule has 0 radical (unpaired) electrons. The van der Waals surface area contributed by atoms with E-state index in [1.807, 2.05) is 24.3 Å². The molecule has 2 heteroatoms. The molecule has 0 unspecified atom stereocenters. The van der Waals surface area contributed by atoms with Crippen molar-refractivity contribution in [3.05, 3.63) is 35.4 Å². The topological polar surface area (TPSA) is 20.2 Å². The molecule has 0 spiro atoms. The van der Waals surface area contributed by atoms with Crippen LogP contribution in [-0.2, 0) is 6.42 Å².